The van der Waals surface area contributed by atoms with E-state index in [1.807, 2.05) is 30.0 Å². The SMILES string of the molecule is Cc1cc(N2N=C3c4ccc(C(=O)N5CCC(O)CC5)nc4CC[C@@H]3C2C2CCCC2)ccc1C#N. The molecular weight excluding hydrogens is 450 g/mol. The van der Waals surface area contributed by atoms with Crippen molar-refractivity contribution in [2.45, 2.75) is 70.4 Å². The molecule has 2 aliphatic carbocycles. The van der Waals surface area contributed by atoms with Crippen LogP contribution in [0.1, 0.15) is 77.8 Å². The van der Waals surface area contributed by atoms with E-state index >= 15 is 0 Å². The minimum atomic E-state index is -0.307. The van der Waals surface area contributed by atoms with Gasteiger partial charge < -0.3 is 10.0 Å². The van der Waals surface area contributed by atoms with Gasteiger partial charge in [0, 0.05) is 24.6 Å². The number of fused-ring (bicyclic) bond motifs is 3. The van der Waals surface area contributed by atoms with Gasteiger partial charge in [-0.25, -0.2) is 4.98 Å². The maximum Gasteiger partial charge on any atom is 0.272 e. The normalized spacial score (nSPS) is 24.3. The highest BCUT2D eigenvalue weighted by Crippen LogP contribution is 2.44. The van der Waals surface area contributed by atoms with E-state index in [1.54, 1.807) is 0 Å². The Morgan fingerprint density at radius 3 is 2.58 bits per heavy atom. The number of nitrogens with zero attached hydrogens (tertiary/aromatic N) is 5. The third-order valence-corrected chi connectivity index (χ3v) is 8.65. The van der Waals surface area contributed by atoms with Crippen molar-refractivity contribution in [2.75, 3.05) is 18.1 Å². The third kappa shape index (κ3) is 3.98. The van der Waals surface area contributed by atoms with Crippen molar-refractivity contribution in [3.63, 3.8) is 0 Å². The molecule has 1 saturated carbocycles. The van der Waals surface area contributed by atoms with E-state index in [0.29, 0.717) is 55.1 Å². The van der Waals surface area contributed by atoms with E-state index in [9.17, 15) is 15.2 Å². The standard InChI is InChI=1S/C29H33N5O2/c1-18-16-21(7-6-20(18)17-30)34-28(19-4-2-3-5-19)24-9-10-25-23(27(24)32-34)8-11-26(31-25)29(36)33-14-12-22(35)13-15-33/h6-8,11,16,19,22,24,28,35H,2-5,9-10,12-15H2,1H3/t24-,28?/m0/s1. The van der Waals surface area contributed by atoms with E-state index in [1.165, 1.54) is 25.7 Å². The first-order chi connectivity index (χ1) is 17.5. The Balaban J connectivity index is 1.33. The molecule has 2 fully saturated rings. The molecule has 0 radical (unpaired) electrons. The molecule has 1 aromatic heterocycles. The van der Waals surface area contributed by atoms with E-state index in [4.69, 9.17) is 10.1 Å². The number of aliphatic hydroxyl groups excluding tert-OH is 1. The summed E-state index contributed by atoms with van der Waals surface area (Å²) in [5.41, 5.74) is 6.38. The number of hydrogen-bond acceptors (Lipinski definition) is 6. The topological polar surface area (TPSA) is 92.8 Å². The first-order valence-electron chi connectivity index (χ1n) is 13.4. The van der Waals surface area contributed by atoms with Gasteiger partial charge in [-0.1, -0.05) is 12.8 Å². The van der Waals surface area contributed by atoms with Gasteiger partial charge in [0.15, 0.2) is 0 Å². The predicted octanol–water partition coefficient (Wildman–Crippen LogP) is 4.20. The molecule has 4 aliphatic rings. The molecule has 186 valence electrons. The van der Waals surface area contributed by atoms with Gasteiger partial charge in [-0.2, -0.15) is 10.4 Å². The molecule has 1 aromatic carbocycles. The Morgan fingerprint density at radius 1 is 1.08 bits per heavy atom. The Bertz CT molecular complexity index is 1250. The number of hydrogen-bond donors (Lipinski definition) is 1. The van der Waals surface area contributed by atoms with E-state index in [-0.39, 0.29) is 12.0 Å². The number of hydrazone groups is 1. The summed E-state index contributed by atoms with van der Waals surface area (Å²) in [6.45, 7) is 3.15. The van der Waals surface area contributed by atoms with Gasteiger partial charge in [0.2, 0.25) is 0 Å². The lowest BCUT2D eigenvalue weighted by Crippen LogP contribution is -2.41. The van der Waals surface area contributed by atoms with Gasteiger partial charge in [-0.05, 0) is 87.3 Å². The van der Waals surface area contributed by atoms with Gasteiger partial charge in [-0.15, -0.1) is 0 Å². The number of piperidine rings is 1. The first kappa shape index (κ1) is 23.2. The molecule has 6 rings (SSSR count). The summed E-state index contributed by atoms with van der Waals surface area (Å²) in [7, 11) is 0. The molecule has 36 heavy (non-hydrogen) atoms. The van der Waals surface area contributed by atoms with Crippen LogP contribution in [0, 0.1) is 30.1 Å². The summed E-state index contributed by atoms with van der Waals surface area (Å²) >= 11 is 0. The quantitative estimate of drug-likeness (QED) is 0.706. The fraction of sp³-hybridized carbons (Fsp3) is 0.517. The minimum absolute atomic E-state index is 0.0429. The monoisotopic (exact) mass is 483 g/mol. The highest BCUT2D eigenvalue weighted by molar-refractivity contribution is 6.07. The average molecular weight is 484 g/mol. The zero-order chi connectivity index (χ0) is 24.8. The van der Waals surface area contributed by atoms with Crippen LogP contribution in [0.2, 0.25) is 0 Å². The van der Waals surface area contributed by atoms with Crippen LogP contribution in [-0.2, 0) is 6.42 Å². The molecule has 2 aliphatic heterocycles. The van der Waals surface area contributed by atoms with Crippen molar-refractivity contribution in [1.29, 1.82) is 5.26 Å². The van der Waals surface area contributed by atoms with Crippen molar-refractivity contribution in [3.8, 4) is 6.07 Å². The van der Waals surface area contributed by atoms with Gasteiger partial charge in [0.25, 0.3) is 5.91 Å². The van der Waals surface area contributed by atoms with Crippen molar-refractivity contribution < 1.29 is 9.90 Å². The predicted molar refractivity (Wildman–Crippen MR) is 138 cm³/mol. The van der Waals surface area contributed by atoms with Crippen LogP contribution in [0.4, 0.5) is 5.69 Å². The first-order valence-corrected chi connectivity index (χ1v) is 13.4. The number of carbonyl (C=O) groups is 1. The second-order valence-electron chi connectivity index (χ2n) is 10.8. The van der Waals surface area contributed by atoms with E-state index in [2.05, 4.69) is 23.2 Å². The maximum absolute atomic E-state index is 13.1. The number of nitriles is 1. The lowest BCUT2D eigenvalue weighted by Gasteiger charge is -2.34. The second-order valence-corrected chi connectivity index (χ2v) is 10.8. The lowest BCUT2D eigenvalue weighted by molar-refractivity contribution is 0.0541. The third-order valence-electron chi connectivity index (χ3n) is 8.65. The molecule has 2 aromatic rings. The number of benzene rings is 1. The molecule has 3 heterocycles. The number of aliphatic hydroxyl groups is 1. The number of rotatable bonds is 3. The molecule has 2 atom stereocenters. The van der Waals surface area contributed by atoms with Crippen molar-refractivity contribution in [2.24, 2.45) is 16.9 Å². The second kappa shape index (κ2) is 9.33. The average Bonchev–Trinajstić information content (AvgIpc) is 3.56. The van der Waals surface area contributed by atoms with E-state index < -0.39 is 0 Å². The lowest BCUT2D eigenvalue weighted by atomic mass is 9.76. The number of aromatic nitrogens is 1. The van der Waals surface area contributed by atoms with Crippen LogP contribution in [-0.4, -0.2) is 51.8 Å². The molecule has 1 amide bonds. The Kier molecular flexibility index (Phi) is 6.00. The summed E-state index contributed by atoms with van der Waals surface area (Å²) in [5.74, 6) is 0.916. The minimum Gasteiger partial charge on any atom is -0.393 e. The number of carbonyl (C=O) groups excluding carboxylic acids is 1. The molecule has 7 nitrogen and oxygen atoms in total. The number of anilines is 1. The smallest absolute Gasteiger partial charge is 0.272 e. The number of likely N-dealkylation sites (tertiary alicyclic amines) is 1. The van der Waals surface area contributed by atoms with Crippen LogP contribution >= 0.6 is 0 Å². The van der Waals surface area contributed by atoms with Gasteiger partial charge in [-0.3, -0.25) is 9.80 Å². The van der Waals surface area contributed by atoms with Crippen molar-refractivity contribution in [3.05, 3.63) is 58.4 Å². The highest BCUT2D eigenvalue weighted by Gasteiger charge is 2.46. The Morgan fingerprint density at radius 2 is 1.86 bits per heavy atom. The molecule has 1 N–H and O–H groups in total. The summed E-state index contributed by atoms with van der Waals surface area (Å²) in [5, 5.41) is 26.6. The van der Waals surface area contributed by atoms with E-state index in [0.717, 1.165) is 41.1 Å². The summed E-state index contributed by atoms with van der Waals surface area (Å²) < 4.78 is 0. The highest BCUT2D eigenvalue weighted by atomic mass is 16.3. The molecule has 7 heteroatoms. The zero-order valence-electron chi connectivity index (χ0n) is 20.9. The summed E-state index contributed by atoms with van der Waals surface area (Å²) in [4.78, 5) is 19.7. The summed E-state index contributed by atoms with van der Waals surface area (Å²) in [6.07, 6.45) is 7.81. The summed E-state index contributed by atoms with van der Waals surface area (Å²) in [6, 6.07) is 12.5. The van der Waals surface area contributed by atoms with Crippen LogP contribution in [0.3, 0.4) is 0 Å². The Hall–Kier alpha value is -3.24. The van der Waals surface area contributed by atoms with Gasteiger partial charge in [0.1, 0.15) is 5.69 Å². The molecule has 1 unspecified atom stereocenters. The van der Waals surface area contributed by atoms with Crippen LogP contribution < -0.4 is 5.01 Å². The van der Waals surface area contributed by atoms with Crippen LogP contribution in [0.15, 0.2) is 35.4 Å². The fourth-order valence-corrected chi connectivity index (χ4v) is 6.69. The largest absolute Gasteiger partial charge is 0.393 e. The number of aryl methyl sites for hydroxylation is 2. The Labute approximate surface area is 212 Å². The maximum atomic E-state index is 13.1. The van der Waals surface area contributed by atoms with Crippen LogP contribution in [0.5, 0.6) is 0 Å². The van der Waals surface area contributed by atoms with Gasteiger partial charge >= 0.3 is 0 Å². The zero-order valence-corrected chi connectivity index (χ0v) is 20.9. The number of amides is 1. The molecule has 0 bridgehead atoms. The number of pyridine rings is 1. The molecule has 0 spiro atoms. The fourth-order valence-electron chi connectivity index (χ4n) is 6.69. The van der Waals surface area contributed by atoms with Crippen molar-refractivity contribution >= 4 is 17.3 Å². The molecule has 1 saturated heterocycles. The molecular formula is C29H33N5O2. The van der Waals surface area contributed by atoms with Crippen molar-refractivity contribution in [1.82, 2.24) is 9.88 Å². The van der Waals surface area contributed by atoms with Crippen LogP contribution in [0.25, 0.3) is 0 Å². The van der Waals surface area contributed by atoms with Gasteiger partial charge in [0.05, 0.1) is 40.9 Å².